The number of carbonyl (C=O) groups is 1. The van der Waals surface area contributed by atoms with Gasteiger partial charge in [0.25, 0.3) is 0 Å². The van der Waals surface area contributed by atoms with E-state index in [9.17, 15) is 4.79 Å². The Bertz CT molecular complexity index is 714. The van der Waals surface area contributed by atoms with Gasteiger partial charge >= 0.3 is 6.09 Å². The molecule has 1 amide bonds. The van der Waals surface area contributed by atoms with E-state index in [-0.39, 0.29) is 11.5 Å². The number of halogens is 2. The first kappa shape index (κ1) is 20.7. The van der Waals surface area contributed by atoms with Crippen molar-refractivity contribution in [2.24, 2.45) is 5.11 Å². The zero-order chi connectivity index (χ0) is 19.4. The van der Waals surface area contributed by atoms with Crippen LogP contribution in [0.25, 0.3) is 0 Å². The highest BCUT2D eigenvalue weighted by atomic mass is 35.5. The Morgan fingerprint density at radius 1 is 1.38 bits per heavy atom. The van der Waals surface area contributed by atoms with Crippen molar-refractivity contribution in [1.82, 2.24) is 9.81 Å². The Hall–Kier alpha value is -1.62. The lowest BCUT2D eigenvalue weighted by Crippen LogP contribution is -2.50. The van der Waals surface area contributed by atoms with Crippen molar-refractivity contribution in [2.75, 3.05) is 19.6 Å². The van der Waals surface area contributed by atoms with E-state index in [0.29, 0.717) is 36.1 Å². The van der Waals surface area contributed by atoms with Gasteiger partial charge in [-0.3, -0.25) is 0 Å². The smallest absolute Gasteiger partial charge is 0.410 e. The second kappa shape index (κ2) is 8.38. The largest absolute Gasteiger partial charge is 0.444 e. The number of carbonyl (C=O) groups excluding carboxylic acids is 1. The topological polar surface area (TPSA) is 79.8 Å². The maximum absolute atomic E-state index is 12.6. The Morgan fingerprint density at radius 2 is 2.12 bits per heavy atom. The molecule has 0 spiro atoms. The van der Waals surface area contributed by atoms with E-state index in [2.05, 4.69) is 10.0 Å². The fourth-order valence-corrected chi connectivity index (χ4v) is 3.64. The molecule has 1 saturated heterocycles. The molecule has 142 valence electrons. The van der Waals surface area contributed by atoms with Crippen molar-refractivity contribution in [3.63, 3.8) is 0 Å². The van der Waals surface area contributed by atoms with Crippen molar-refractivity contribution in [3.8, 4) is 0 Å². The van der Waals surface area contributed by atoms with Gasteiger partial charge in [-0.25, -0.2) is 4.79 Å². The van der Waals surface area contributed by atoms with Crippen LogP contribution < -0.4 is 4.91 Å². The highest BCUT2D eigenvalue weighted by Gasteiger charge is 2.40. The van der Waals surface area contributed by atoms with Crippen molar-refractivity contribution in [3.05, 3.63) is 33.8 Å². The summed E-state index contributed by atoms with van der Waals surface area (Å²) in [6, 6.07) is 5.59. The molecule has 1 aliphatic rings. The third-order valence-corrected chi connectivity index (χ3v) is 5.26. The standard InChI is InChI=1S/C18H25Cl2N4O2/c1-17(2,3)26-16(25)24-10-4-7-18(12-24,8-9-22-23-21)13-5-6-14(19)15(20)11-13/h5-6,11,21H,4,7-10,12H2,1-3H3/q+1/t18-/m1/s1. The van der Waals surface area contributed by atoms with Gasteiger partial charge in [0.2, 0.25) is 4.91 Å². The summed E-state index contributed by atoms with van der Waals surface area (Å²) in [6.45, 7) is 7.14. The SMILES string of the molecule is CC(C)(C)OC(=O)N1CCC[C@](CCN=[N+]=N)(c2ccc(Cl)c(Cl)c2)C1. The van der Waals surface area contributed by atoms with Crippen LogP contribution >= 0.6 is 23.2 Å². The molecule has 0 aromatic heterocycles. The maximum atomic E-state index is 12.6. The van der Waals surface area contributed by atoms with Gasteiger partial charge in [-0.05, 0) is 57.7 Å². The minimum absolute atomic E-state index is 0.316. The molecule has 1 heterocycles. The van der Waals surface area contributed by atoms with Crippen molar-refractivity contribution < 1.29 is 9.53 Å². The summed E-state index contributed by atoms with van der Waals surface area (Å²) in [4.78, 5) is 17.4. The van der Waals surface area contributed by atoms with Crippen LogP contribution in [0.4, 0.5) is 4.79 Å². The van der Waals surface area contributed by atoms with Crippen molar-refractivity contribution in [1.29, 1.82) is 5.53 Å². The molecule has 0 aliphatic carbocycles. The molecule has 8 heteroatoms. The molecule has 0 unspecified atom stereocenters. The summed E-state index contributed by atoms with van der Waals surface area (Å²) in [5, 5.41) is 4.79. The van der Waals surface area contributed by atoms with Crippen LogP contribution in [0.3, 0.4) is 0 Å². The quantitative estimate of drug-likeness (QED) is 0.557. The summed E-state index contributed by atoms with van der Waals surface area (Å²) < 4.78 is 5.54. The number of nitrogens with zero attached hydrogens (tertiary/aromatic N) is 3. The number of nitrogens with one attached hydrogen (secondary N) is 1. The monoisotopic (exact) mass is 399 g/mol. The normalized spacial score (nSPS) is 20.4. The van der Waals surface area contributed by atoms with Gasteiger partial charge in [0.15, 0.2) is 0 Å². The van der Waals surface area contributed by atoms with Gasteiger partial charge in [0, 0.05) is 18.5 Å². The van der Waals surface area contributed by atoms with E-state index in [4.69, 9.17) is 33.5 Å². The van der Waals surface area contributed by atoms with Gasteiger partial charge in [-0.2, -0.15) is 0 Å². The Balaban J connectivity index is 2.32. The van der Waals surface area contributed by atoms with Gasteiger partial charge in [-0.15, -0.1) is 0 Å². The average Bonchev–Trinajstić information content (AvgIpc) is 2.56. The van der Waals surface area contributed by atoms with E-state index >= 15 is 0 Å². The minimum atomic E-state index is -0.541. The van der Waals surface area contributed by atoms with Crippen LogP contribution in [-0.2, 0) is 10.2 Å². The number of hydrogen-bond donors (Lipinski definition) is 1. The van der Waals surface area contributed by atoms with Gasteiger partial charge in [0.05, 0.1) is 10.0 Å². The maximum Gasteiger partial charge on any atom is 0.410 e. The Morgan fingerprint density at radius 3 is 2.73 bits per heavy atom. The van der Waals surface area contributed by atoms with E-state index < -0.39 is 5.60 Å². The molecule has 1 aromatic rings. The molecule has 1 fully saturated rings. The minimum Gasteiger partial charge on any atom is -0.444 e. The molecule has 1 atom stereocenters. The van der Waals surface area contributed by atoms with E-state index in [1.807, 2.05) is 32.9 Å². The first-order valence-corrected chi connectivity index (χ1v) is 9.39. The van der Waals surface area contributed by atoms with Gasteiger partial charge in [0.1, 0.15) is 22.8 Å². The molecule has 1 aromatic carbocycles. The van der Waals surface area contributed by atoms with Crippen LogP contribution in [0.5, 0.6) is 0 Å². The highest BCUT2D eigenvalue weighted by molar-refractivity contribution is 6.42. The molecule has 0 radical (unpaired) electrons. The molecule has 2 rings (SSSR count). The zero-order valence-corrected chi connectivity index (χ0v) is 16.9. The summed E-state index contributed by atoms with van der Waals surface area (Å²) in [5.74, 6) is 0. The first-order chi connectivity index (χ1) is 12.2. The van der Waals surface area contributed by atoms with Crippen LogP contribution in [0.2, 0.25) is 10.0 Å². The third kappa shape index (κ3) is 5.19. The predicted octanol–water partition coefficient (Wildman–Crippen LogP) is 5.20. The zero-order valence-electron chi connectivity index (χ0n) is 15.4. The van der Waals surface area contributed by atoms with Crippen LogP contribution in [0, 0.1) is 5.53 Å². The Labute approximate surface area is 164 Å². The summed E-state index contributed by atoms with van der Waals surface area (Å²) in [7, 11) is 0. The fraction of sp³-hybridized carbons (Fsp3) is 0.611. The summed E-state index contributed by atoms with van der Waals surface area (Å²) in [6.07, 6.45) is 2.07. The average molecular weight is 400 g/mol. The van der Waals surface area contributed by atoms with Crippen molar-refractivity contribution in [2.45, 2.75) is 51.0 Å². The lowest BCUT2D eigenvalue weighted by Gasteiger charge is -2.43. The van der Waals surface area contributed by atoms with Gasteiger partial charge < -0.3 is 9.64 Å². The lowest BCUT2D eigenvalue weighted by molar-refractivity contribution is 0.0128. The fourth-order valence-electron chi connectivity index (χ4n) is 3.34. The van der Waals surface area contributed by atoms with Gasteiger partial charge in [-0.1, -0.05) is 29.3 Å². The van der Waals surface area contributed by atoms with E-state index in [0.717, 1.165) is 18.4 Å². The number of likely N-dealkylation sites (tertiary alicyclic amines) is 1. The number of hydrogen-bond acceptors (Lipinski definition) is 4. The number of piperidine rings is 1. The van der Waals surface area contributed by atoms with Crippen LogP contribution in [-0.4, -0.2) is 36.2 Å². The molecular formula is C18H25Cl2N4O2+. The second-order valence-corrected chi connectivity index (χ2v) is 8.44. The molecular weight excluding hydrogens is 375 g/mol. The second-order valence-electron chi connectivity index (χ2n) is 7.63. The van der Waals surface area contributed by atoms with Crippen LogP contribution in [0.1, 0.15) is 45.6 Å². The molecule has 1 N–H and O–H groups in total. The lowest BCUT2D eigenvalue weighted by atomic mass is 9.72. The highest BCUT2D eigenvalue weighted by Crippen LogP contribution is 2.40. The molecule has 26 heavy (non-hydrogen) atoms. The summed E-state index contributed by atoms with van der Waals surface area (Å²) >= 11 is 12.3. The molecule has 1 aliphatic heterocycles. The molecule has 0 saturated carbocycles. The summed E-state index contributed by atoms with van der Waals surface area (Å²) in [5.41, 5.74) is 7.04. The third-order valence-electron chi connectivity index (χ3n) is 4.52. The first-order valence-electron chi connectivity index (χ1n) is 8.63. The number of amides is 1. The Kier molecular flexibility index (Phi) is 6.67. The number of benzene rings is 1. The molecule has 6 nitrogen and oxygen atoms in total. The number of rotatable bonds is 4. The number of ether oxygens (including phenoxy) is 1. The van der Waals surface area contributed by atoms with E-state index in [1.165, 1.54) is 0 Å². The van der Waals surface area contributed by atoms with Crippen molar-refractivity contribution >= 4 is 29.3 Å². The van der Waals surface area contributed by atoms with E-state index in [1.54, 1.807) is 11.0 Å². The predicted molar refractivity (Wildman–Crippen MR) is 102 cm³/mol. The molecule has 0 bridgehead atoms. The van der Waals surface area contributed by atoms with Crippen LogP contribution in [0.15, 0.2) is 23.3 Å².